The van der Waals surface area contributed by atoms with Crippen LogP contribution in [0.2, 0.25) is 0 Å². The summed E-state index contributed by atoms with van der Waals surface area (Å²) in [4.78, 5) is 22.2. The summed E-state index contributed by atoms with van der Waals surface area (Å²) in [6, 6.07) is -0.908. The van der Waals surface area contributed by atoms with Gasteiger partial charge in [0.25, 0.3) is 0 Å². The Hall–Kier alpha value is -1.14. The summed E-state index contributed by atoms with van der Waals surface area (Å²) < 4.78 is 10.9. The van der Waals surface area contributed by atoms with E-state index in [1.54, 1.807) is 6.92 Å². The molecule has 1 rings (SSSR count). The predicted octanol–water partition coefficient (Wildman–Crippen LogP) is 0.550. The molecule has 0 spiro atoms. The van der Waals surface area contributed by atoms with E-state index in [9.17, 15) is 9.59 Å². The second-order valence-corrected chi connectivity index (χ2v) is 4.53. The summed E-state index contributed by atoms with van der Waals surface area (Å²) in [7, 11) is 0. The first kappa shape index (κ1) is 14.9. The standard InChI is InChI=1S/C12H21NO5/c1-8(12(15)16)13-11(14)9(2)18-7-10-5-3-4-6-17-10/h8-10H,3-7H2,1-2H3,(H,13,14)(H,15,16)/t8-,9-,10+/m1/s1. The Morgan fingerprint density at radius 3 is 2.72 bits per heavy atom. The van der Waals surface area contributed by atoms with Crippen molar-refractivity contribution in [3.05, 3.63) is 0 Å². The van der Waals surface area contributed by atoms with E-state index in [0.29, 0.717) is 6.61 Å². The highest BCUT2D eigenvalue weighted by molar-refractivity contribution is 5.85. The number of carbonyl (C=O) groups is 2. The van der Waals surface area contributed by atoms with Crippen LogP contribution in [-0.4, -0.2) is 48.4 Å². The molecule has 0 aromatic carbocycles. The van der Waals surface area contributed by atoms with Crippen molar-refractivity contribution in [1.82, 2.24) is 5.32 Å². The zero-order chi connectivity index (χ0) is 13.5. The second kappa shape index (κ2) is 7.33. The zero-order valence-corrected chi connectivity index (χ0v) is 10.8. The molecule has 1 saturated heterocycles. The van der Waals surface area contributed by atoms with Gasteiger partial charge in [-0.05, 0) is 33.1 Å². The van der Waals surface area contributed by atoms with E-state index in [0.717, 1.165) is 25.9 Å². The highest BCUT2D eigenvalue weighted by atomic mass is 16.5. The van der Waals surface area contributed by atoms with Gasteiger partial charge in [0.15, 0.2) is 0 Å². The Labute approximate surface area is 107 Å². The fourth-order valence-corrected chi connectivity index (χ4v) is 1.66. The molecule has 0 unspecified atom stereocenters. The van der Waals surface area contributed by atoms with Crippen LogP contribution in [0, 0.1) is 0 Å². The normalized spacial score (nSPS) is 23.1. The topological polar surface area (TPSA) is 84.9 Å². The summed E-state index contributed by atoms with van der Waals surface area (Å²) in [5, 5.41) is 11.0. The van der Waals surface area contributed by atoms with Crippen molar-refractivity contribution in [3.8, 4) is 0 Å². The maximum Gasteiger partial charge on any atom is 0.325 e. The number of hydrogen-bond donors (Lipinski definition) is 2. The predicted molar refractivity (Wildman–Crippen MR) is 64.2 cm³/mol. The molecule has 1 aliphatic rings. The average Bonchev–Trinajstić information content (AvgIpc) is 2.36. The van der Waals surface area contributed by atoms with E-state index in [1.165, 1.54) is 6.92 Å². The minimum absolute atomic E-state index is 0.0471. The van der Waals surface area contributed by atoms with Crippen LogP contribution in [0.25, 0.3) is 0 Å². The number of rotatable bonds is 6. The molecule has 0 radical (unpaired) electrons. The molecule has 1 fully saturated rings. The number of ether oxygens (including phenoxy) is 2. The highest BCUT2D eigenvalue weighted by Gasteiger charge is 2.21. The maximum absolute atomic E-state index is 11.6. The molecule has 104 valence electrons. The zero-order valence-electron chi connectivity index (χ0n) is 10.8. The molecule has 6 nitrogen and oxygen atoms in total. The van der Waals surface area contributed by atoms with Gasteiger partial charge in [-0.15, -0.1) is 0 Å². The van der Waals surface area contributed by atoms with Gasteiger partial charge >= 0.3 is 5.97 Å². The van der Waals surface area contributed by atoms with Crippen LogP contribution in [0.4, 0.5) is 0 Å². The molecule has 0 bridgehead atoms. The lowest BCUT2D eigenvalue weighted by Crippen LogP contribution is -2.44. The molecular formula is C12H21NO5. The van der Waals surface area contributed by atoms with Crippen LogP contribution in [0.15, 0.2) is 0 Å². The quantitative estimate of drug-likeness (QED) is 0.727. The van der Waals surface area contributed by atoms with Crippen molar-refractivity contribution >= 4 is 11.9 Å². The summed E-state index contributed by atoms with van der Waals surface area (Å²) in [5.41, 5.74) is 0. The van der Waals surface area contributed by atoms with Crippen molar-refractivity contribution in [3.63, 3.8) is 0 Å². The molecule has 1 heterocycles. The van der Waals surface area contributed by atoms with Gasteiger partial charge in [-0.3, -0.25) is 9.59 Å². The molecule has 18 heavy (non-hydrogen) atoms. The third-order valence-electron chi connectivity index (χ3n) is 2.90. The minimum Gasteiger partial charge on any atom is -0.480 e. The number of aliphatic carboxylic acids is 1. The molecule has 0 aromatic heterocycles. The first-order valence-corrected chi connectivity index (χ1v) is 6.27. The van der Waals surface area contributed by atoms with Crippen molar-refractivity contribution < 1.29 is 24.2 Å². The third kappa shape index (κ3) is 5.01. The van der Waals surface area contributed by atoms with E-state index < -0.39 is 24.0 Å². The van der Waals surface area contributed by atoms with Crippen molar-refractivity contribution in [2.45, 2.75) is 51.4 Å². The number of carboxylic acids is 1. The summed E-state index contributed by atoms with van der Waals surface area (Å²) >= 11 is 0. The monoisotopic (exact) mass is 259 g/mol. The SMILES string of the molecule is C[C@@H](NC(=O)[C@@H](C)OC[C@@H]1CCCCO1)C(=O)O. The fraction of sp³-hybridized carbons (Fsp3) is 0.833. The van der Waals surface area contributed by atoms with Crippen molar-refractivity contribution in [1.29, 1.82) is 0 Å². The molecule has 0 aromatic rings. The Kier molecular flexibility index (Phi) is 6.07. The number of hydrogen-bond acceptors (Lipinski definition) is 4. The van der Waals surface area contributed by atoms with Crippen LogP contribution in [-0.2, 0) is 19.1 Å². The molecule has 1 amide bonds. The molecule has 0 saturated carbocycles. The Morgan fingerprint density at radius 2 is 2.17 bits per heavy atom. The van der Waals surface area contributed by atoms with E-state index in [4.69, 9.17) is 14.6 Å². The van der Waals surface area contributed by atoms with Gasteiger partial charge < -0.3 is 19.9 Å². The number of amides is 1. The van der Waals surface area contributed by atoms with Crippen LogP contribution < -0.4 is 5.32 Å². The van der Waals surface area contributed by atoms with Crippen LogP contribution >= 0.6 is 0 Å². The van der Waals surface area contributed by atoms with Crippen molar-refractivity contribution in [2.75, 3.05) is 13.2 Å². The Morgan fingerprint density at radius 1 is 1.44 bits per heavy atom. The van der Waals surface area contributed by atoms with Gasteiger partial charge in [-0.2, -0.15) is 0 Å². The van der Waals surface area contributed by atoms with E-state index >= 15 is 0 Å². The van der Waals surface area contributed by atoms with Crippen LogP contribution in [0.1, 0.15) is 33.1 Å². The van der Waals surface area contributed by atoms with Gasteiger partial charge in [-0.25, -0.2) is 0 Å². The van der Waals surface area contributed by atoms with Gasteiger partial charge in [0, 0.05) is 6.61 Å². The molecule has 6 heteroatoms. The van der Waals surface area contributed by atoms with E-state index in [2.05, 4.69) is 5.32 Å². The largest absolute Gasteiger partial charge is 0.480 e. The van der Waals surface area contributed by atoms with Gasteiger partial charge in [0.05, 0.1) is 12.7 Å². The third-order valence-corrected chi connectivity index (χ3v) is 2.90. The summed E-state index contributed by atoms with van der Waals surface area (Å²) in [5.74, 6) is -1.48. The minimum atomic E-state index is -1.06. The lowest BCUT2D eigenvalue weighted by Gasteiger charge is -2.24. The first-order chi connectivity index (χ1) is 8.50. The number of nitrogens with one attached hydrogen (secondary N) is 1. The molecule has 1 aliphatic heterocycles. The van der Waals surface area contributed by atoms with E-state index in [-0.39, 0.29) is 6.10 Å². The highest BCUT2D eigenvalue weighted by Crippen LogP contribution is 2.13. The van der Waals surface area contributed by atoms with Crippen molar-refractivity contribution in [2.24, 2.45) is 0 Å². The van der Waals surface area contributed by atoms with E-state index in [1.807, 2.05) is 0 Å². The average molecular weight is 259 g/mol. The van der Waals surface area contributed by atoms with Crippen LogP contribution in [0.5, 0.6) is 0 Å². The number of carbonyl (C=O) groups excluding carboxylic acids is 1. The lowest BCUT2D eigenvalue weighted by atomic mass is 10.1. The lowest BCUT2D eigenvalue weighted by molar-refractivity contribution is -0.144. The smallest absolute Gasteiger partial charge is 0.325 e. The summed E-state index contributed by atoms with van der Waals surface area (Å²) in [6.45, 7) is 4.13. The fourth-order valence-electron chi connectivity index (χ4n) is 1.66. The maximum atomic E-state index is 11.6. The molecule has 2 N–H and O–H groups in total. The Bertz CT molecular complexity index is 288. The van der Waals surface area contributed by atoms with Gasteiger partial charge in [0.2, 0.25) is 5.91 Å². The first-order valence-electron chi connectivity index (χ1n) is 6.27. The van der Waals surface area contributed by atoms with Gasteiger partial charge in [-0.1, -0.05) is 0 Å². The summed E-state index contributed by atoms with van der Waals surface area (Å²) in [6.07, 6.45) is 2.51. The molecule has 3 atom stereocenters. The molecular weight excluding hydrogens is 238 g/mol. The van der Waals surface area contributed by atoms with Crippen LogP contribution in [0.3, 0.4) is 0 Å². The van der Waals surface area contributed by atoms with Gasteiger partial charge in [0.1, 0.15) is 12.1 Å². The number of carboxylic acid groups (broad SMARTS) is 1. The molecule has 0 aliphatic carbocycles. The Balaban J connectivity index is 2.24. The second-order valence-electron chi connectivity index (χ2n) is 4.53.